The van der Waals surface area contributed by atoms with E-state index in [2.05, 4.69) is 74.6 Å². The van der Waals surface area contributed by atoms with Crippen LogP contribution < -0.4 is 0 Å². The number of rotatable bonds is 34. The number of nitrogens with zero attached hydrogens (tertiary/aromatic N) is 1. The van der Waals surface area contributed by atoms with E-state index >= 15 is 0 Å². The van der Waals surface area contributed by atoms with Gasteiger partial charge in [0.1, 0.15) is 6.61 Å². The Hall–Kier alpha value is -2.97. The van der Waals surface area contributed by atoms with Crippen molar-refractivity contribution >= 4 is 17.9 Å². The van der Waals surface area contributed by atoms with Crippen LogP contribution in [0.1, 0.15) is 142 Å². The van der Waals surface area contributed by atoms with Gasteiger partial charge >= 0.3 is 17.9 Å². The van der Waals surface area contributed by atoms with Crippen molar-refractivity contribution in [1.29, 1.82) is 0 Å². The third-order valence-corrected chi connectivity index (χ3v) is 8.39. The fourth-order valence-electron chi connectivity index (χ4n) is 5.24. The van der Waals surface area contributed by atoms with Crippen LogP contribution in [0.25, 0.3) is 0 Å². The molecule has 0 aromatic carbocycles. The van der Waals surface area contributed by atoms with Crippen molar-refractivity contribution in [3.63, 3.8) is 0 Å². The first kappa shape index (κ1) is 48.0. The monoisotopic (exact) mass is 717 g/mol. The third-order valence-electron chi connectivity index (χ3n) is 8.39. The van der Waals surface area contributed by atoms with Gasteiger partial charge in [-0.2, -0.15) is 0 Å². The van der Waals surface area contributed by atoms with Crippen LogP contribution in [0.15, 0.2) is 60.8 Å². The lowest BCUT2D eigenvalue weighted by atomic mass is 10.1. The summed E-state index contributed by atoms with van der Waals surface area (Å²) in [5, 5.41) is 9.58. The second kappa shape index (κ2) is 34.1. The Labute approximate surface area is 311 Å². The van der Waals surface area contributed by atoms with Gasteiger partial charge in [0.25, 0.3) is 0 Å². The van der Waals surface area contributed by atoms with Crippen LogP contribution in [-0.4, -0.2) is 80.6 Å². The van der Waals surface area contributed by atoms with Crippen LogP contribution in [0.5, 0.6) is 0 Å². The van der Waals surface area contributed by atoms with Crippen LogP contribution in [0.2, 0.25) is 0 Å². The molecule has 0 aliphatic heterocycles. The number of aliphatic carboxylic acids is 1. The lowest BCUT2D eigenvalue weighted by molar-refractivity contribution is -0.887. The smallest absolute Gasteiger partial charge is 0.362 e. The zero-order valence-electron chi connectivity index (χ0n) is 33.0. The topological polar surface area (TPSA) is 99.1 Å². The molecule has 0 aliphatic rings. The first-order valence-electron chi connectivity index (χ1n) is 19.8. The number of likely N-dealkylation sites (N-methyl/N-ethyl adjacent to an activating group) is 1. The van der Waals surface area contributed by atoms with Gasteiger partial charge in [-0.15, -0.1) is 0 Å². The van der Waals surface area contributed by atoms with E-state index in [1.807, 2.05) is 21.1 Å². The number of carboxylic acids is 1. The predicted molar refractivity (Wildman–Crippen MR) is 211 cm³/mol. The van der Waals surface area contributed by atoms with Gasteiger partial charge in [-0.3, -0.25) is 9.59 Å². The van der Waals surface area contributed by atoms with Gasteiger partial charge in [0, 0.05) is 19.3 Å². The van der Waals surface area contributed by atoms with Crippen molar-refractivity contribution in [2.75, 3.05) is 41.0 Å². The van der Waals surface area contributed by atoms with E-state index in [1.165, 1.54) is 38.5 Å². The fraction of sp³-hybridized carbons (Fsp3) is 0.698. The Balaban J connectivity index is 4.53. The summed E-state index contributed by atoms with van der Waals surface area (Å²) >= 11 is 0. The molecule has 0 radical (unpaired) electrons. The second-order valence-electron chi connectivity index (χ2n) is 14.2. The standard InChI is InChI=1S/C43H73NO7/c1-6-8-10-12-14-16-18-19-20-21-22-23-24-26-28-30-32-34-42(46)51-39(37-49-36-35-40(43(47)48)44(3,4)5)38-50-41(45)33-31-29-27-25-17-15-13-11-9-7-2/h13-16,19-20,22-23,26,28,39-40H,6-12,17-18,21,24-25,27,29-38H2,1-5H3/p+1/b15-13+,16-14+,20-19+,23-22+,28-26+. The van der Waals surface area contributed by atoms with Gasteiger partial charge < -0.3 is 23.8 Å². The number of hydrogen-bond acceptors (Lipinski definition) is 6. The van der Waals surface area contributed by atoms with E-state index in [1.54, 1.807) is 0 Å². The molecule has 0 heterocycles. The number of esters is 2. The Bertz CT molecular complexity index is 1020. The van der Waals surface area contributed by atoms with Crippen LogP contribution in [0.4, 0.5) is 0 Å². The zero-order chi connectivity index (χ0) is 37.8. The van der Waals surface area contributed by atoms with E-state index in [-0.39, 0.29) is 42.7 Å². The molecule has 292 valence electrons. The van der Waals surface area contributed by atoms with E-state index in [0.29, 0.717) is 19.3 Å². The Kier molecular flexibility index (Phi) is 32.1. The molecule has 8 heteroatoms. The maximum Gasteiger partial charge on any atom is 0.362 e. The number of carbonyl (C=O) groups is 3. The predicted octanol–water partition coefficient (Wildman–Crippen LogP) is 10.2. The molecule has 0 aromatic heterocycles. The molecule has 0 aromatic rings. The highest BCUT2D eigenvalue weighted by Crippen LogP contribution is 2.11. The quantitative estimate of drug-likeness (QED) is 0.0306. The molecule has 0 rings (SSSR count). The summed E-state index contributed by atoms with van der Waals surface area (Å²) in [4.78, 5) is 36.7. The lowest BCUT2D eigenvalue weighted by Crippen LogP contribution is -2.50. The first-order valence-corrected chi connectivity index (χ1v) is 19.8. The summed E-state index contributed by atoms with van der Waals surface area (Å²) in [5.41, 5.74) is 0. The summed E-state index contributed by atoms with van der Waals surface area (Å²) in [6, 6.07) is -0.626. The number of quaternary nitrogens is 1. The molecule has 0 spiro atoms. The normalized spacial score (nSPS) is 13.7. The maximum absolute atomic E-state index is 12.6. The van der Waals surface area contributed by atoms with Gasteiger partial charge in [0.2, 0.25) is 0 Å². The number of hydrogen-bond donors (Lipinski definition) is 1. The molecule has 2 atom stereocenters. The number of unbranched alkanes of at least 4 members (excludes halogenated alkanes) is 10. The first-order chi connectivity index (χ1) is 24.6. The summed E-state index contributed by atoms with van der Waals surface area (Å²) in [6.45, 7) is 4.56. The van der Waals surface area contributed by atoms with Crippen LogP contribution in [0, 0.1) is 0 Å². The minimum Gasteiger partial charge on any atom is -0.477 e. The summed E-state index contributed by atoms with van der Waals surface area (Å²) < 4.78 is 17.1. The van der Waals surface area contributed by atoms with Crippen LogP contribution >= 0.6 is 0 Å². The molecular weight excluding hydrogens is 642 g/mol. The van der Waals surface area contributed by atoms with E-state index in [9.17, 15) is 19.5 Å². The van der Waals surface area contributed by atoms with Crippen molar-refractivity contribution in [3.05, 3.63) is 60.8 Å². The Morgan fingerprint density at radius 2 is 1.08 bits per heavy atom. The largest absolute Gasteiger partial charge is 0.477 e. The molecule has 2 unspecified atom stereocenters. The molecule has 0 amide bonds. The van der Waals surface area contributed by atoms with Gasteiger partial charge in [0.05, 0.1) is 34.4 Å². The van der Waals surface area contributed by atoms with Gasteiger partial charge in [0.15, 0.2) is 12.1 Å². The summed E-state index contributed by atoms with van der Waals surface area (Å²) in [7, 11) is 5.49. The van der Waals surface area contributed by atoms with Crippen molar-refractivity contribution in [3.8, 4) is 0 Å². The molecule has 0 saturated carbocycles. The number of ether oxygens (including phenoxy) is 3. The molecule has 8 nitrogen and oxygen atoms in total. The highest BCUT2D eigenvalue weighted by Gasteiger charge is 2.31. The highest BCUT2D eigenvalue weighted by molar-refractivity contribution is 5.72. The molecule has 0 aliphatic carbocycles. The van der Waals surface area contributed by atoms with Crippen molar-refractivity contribution in [2.45, 2.75) is 154 Å². The van der Waals surface area contributed by atoms with Crippen molar-refractivity contribution in [2.24, 2.45) is 0 Å². The van der Waals surface area contributed by atoms with Gasteiger partial charge in [-0.05, 0) is 70.6 Å². The summed E-state index contributed by atoms with van der Waals surface area (Å²) in [6.07, 6.45) is 39.9. The van der Waals surface area contributed by atoms with Gasteiger partial charge in [-0.1, -0.05) is 113 Å². The van der Waals surface area contributed by atoms with Crippen LogP contribution in [-0.2, 0) is 28.6 Å². The van der Waals surface area contributed by atoms with Gasteiger partial charge in [-0.25, -0.2) is 4.79 Å². The highest BCUT2D eigenvalue weighted by atomic mass is 16.6. The van der Waals surface area contributed by atoms with Crippen LogP contribution in [0.3, 0.4) is 0 Å². The Morgan fingerprint density at radius 1 is 0.588 bits per heavy atom. The fourth-order valence-corrected chi connectivity index (χ4v) is 5.24. The zero-order valence-corrected chi connectivity index (χ0v) is 33.0. The molecule has 1 N–H and O–H groups in total. The third kappa shape index (κ3) is 32.7. The van der Waals surface area contributed by atoms with Crippen molar-refractivity contribution < 1.29 is 38.2 Å². The Morgan fingerprint density at radius 3 is 1.65 bits per heavy atom. The van der Waals surface area contributed by atoms with E-state index < -0.39 is 18.1 Å². The molecule has 0 fully saturated rings. The molecule has 0 bridgehead atoms. The molecule has 0 saturated heterocycles. The SMILES string of the molecule is CCCC/C=C/CCCCCCC(=O)OCC(COCCC(C(=O)O)[N+](C)(C)C)OC(=O)CCC/C=C/C/C=C/C/C=C/C/C=C/CCCCC. The van der Waals surface area contributed by atoms with E-state index in [4.69, 9.17) is 14.2 Å². The lowest BCUT2D eigenvalue weighted by Gasteiger charge is -2.31. The minimum atomic E-state index is -0.888. The summed E-state index contributed by atoms with van der Waals surface area (Å²) in [5.74, 6) is -1.57. The molecular formula is C43H74NO7+. The average Bonchev–Trinajstić information content (AvgIpc) is 3.08. The molecule has 51 heavy (non-hydrogen) atoms. The van der Waals surface area contributed by atoms with E-state index in [0.717, 1.165) is 64.2 Å². The van der Waals surface area contributed by atoms with Crippen molar-refractivity contribution in [1.82, 2.24) is 0 Å². The number of allylic oxidation sites excluding steroid dienone is 10. The second-order valence-corrected chi connectivity index (χ2v) is 14.2. The number of carbonyl (C=O) groups excluding carboxylic acids is 2. The maximum atomic E-state index is 12.6. The average molecular weight is 717 g/mol. The number of carboxylic acid groups (broad SMARTS) is 1. The minimum absolute atomic E-state index is 0.0332.